The maximum absolute atomic E-state index is 14.1. The molecule has 0 radical (unpaired) electrons. The topological polar surface area (TPSA) is 30.5 Å². The molecule has 0 amide bonds. The van der Waals surface area contributed by atoms with Gasteiger partial charge >= 0.3 is 0 Å². The van der Waals surface area contributed by atoms with E-state index in [1.807, 2.05) is 0 Å². The first-order valence-corrected chi connectivity index (χ1v) is 5.89. The van der Waals surface area contributed by atoms with Crippen LogP contribution in [0.25, 0.3) is 0 Å². The molecule has 1 aromatic carbocycles. The van der Waals surface area contributed by atoms with Crippen molar-refractivity contribution in [1.82, 2.24) is 5.32 Å². The van der Waals surface area contributed by atoms with Crippen LogP contribution in [0.2, 0.25) is 0 Å². The van der Waals surface area contributed by atoms with Gasteiger partial charge in [0.25, 0.3) is 0 Å². The minimum atomic E-state index is -0.305. The van der Waals surface area contributed by atoms with Gasteiger partial charge in [0.05, 0.1) is 14.2 Å². The molecule has 1 saturated heterocycles. The number of ether oxygens (including phenoxy) is 2. The third-order valence-corrected chi connectivity index (χ3v) is 3.22. The molecule has 17 heavy (non-hydrogen) atoms. The minimum Gasteiger partial charge on any atom is -0.496 e. The van der Waals surface area contributed by atoms with Crippen molar-refractivity contribution >= 4 is 0 Å². The molecular formula is C13H18FNO2. The van der Waals surface area contributed by atoms with Gasteiger partial charge in [0.15, 0.2) is 11.6 Å². The van der Waals surface area contributed by atoms with Gasteiger partial charge in [-0.1, -0.05) is 0 Å². The highest BCUT2D eigenvalue weighted by molar-refractivity contribution is 5.42. The van der Waals surface area contributed by atoms with Gasteiger partial charge in [-0.05, 0) is 37.9 Å². The Bertz CT molecular complexity index is 389. The average Bonchev–Trinajstić information content (AvgIpc) is 2.84. The van der Waals surface area contributed by atoms with E-state index >= 15 is 0 Å². The van der Waals surface area contributed by atoms with E-state index in [4.69, 9.17) is 9.47 Å². The quantitative estimate of drug-likeness (QED) is 0.873. The molecule has 3 nitrogen and oxygen atoms in total. The largest absolute Gasteiger partial charge is 0.496 e. The number of rotatable bonds is 4. The van der Waals surface area contributed by atoms with E-state index in [-0.39, 0.29) is 11.6 Å². The number of hydrogen-bond acceptors (Lipinski definition) is 3. The van der Waals surface area contributed by atoms with E-state index in [2.05, 4.69) is 5.32 Å². The number of nitrogens with one attached hydrogen (secondary N) is 1. The Balaban J connectivity index is 2.27. The molecule has 1 aromatic rings. The van der Waals surface area contributed by atoms with Gasteiger partial charge in [-0.15, -0.1) is 0 Å². The van der Waals surface area contributed by atoms with Crippen LogP contribution in [-0.2, 0) is 6.42 Å². The van der Waals surface area contributed by atoms with Crippen molar-refractivity contribution in [3.63, 3.8) is 0 Å². The second-order valence-electron chi connectivity index (χ2n) is 4.26. The van der Waals surface area contributed by atoms with Crippen LogP contribution in [0.4, 0.5) is 4.39 Å². The van der Waals surface area contributed by atoms with Crippen LogP contribution in [0.15, 0.2) is 12.1 Å². The third-order valence-electron chi connectivity index (χ3n) is 3.22. The minimum absolute atomic E-state index is 0.277. The molecule has 1 fully saturated rings. The van der Waals surface area contributed by atoms with Crippen molar-refractivity contribution in [2.45, 2.75) is 25.3 Å². The number of methoxy groups -OCH3 is 2. The Hall–Kier alpha value is -1.29. The number of benzene rings is 1. The summed E-state index contributed by atoms with van der Waals surface area (Å²) in [5, 5.41) is 3.36. The molecule has 1 atom stereocenters. The fourth-order valence-electron chi connectivity index (χ4n) is 2.30. The van der Waals surface area contributed by atoms with Crippen LogP contribution in [0.1, 0.15) is 18.4 Å². The van der Waals surface area contributed by atoms with Gasteiger partial charge in [-0.3, -0.25) is 0 Å². The summed E-state index contributed by atoms with van der Waals surface area (Å²) < 4.78 is 24.4. The Morgan fingerprint density at radius 1 is 1.29 bits per heavy atom. The summed E-state index contributed by atoms with van der Waals surface area (Å²) in [7, 11) is 3.04. The zero-order chi connectivity index (χ0) is 12.3. The highest BCUT2D eigenvalue weighted by atomic mass is 19.1. The Morgan fingerprint density at radius 2 is 2.00 bits per heavy atom. The van der Waals surface area contributed by atoms with Gasteiger partial charge in [0.1, 0.15) is 5.75 Å². The van der Waals surface area contributed by atoms with Crippen LogP contribution in [0, 0.1) is 5.82 Å². The molecule has 1 aliphatic rings. The van der Waals surface area contributed by atoms with Crippen molar-refractivity contribution in [2.75, 3.05) is 20.8 Å². The van der Waals surface area contributed by atoms with E-state index in [0.29, 0.717) is 23.8 Å². The summed E-state index contributed by atoms with van der Waals surface area (Å²) in [5.74, 6) is 0.566. The molecule has 1 heterocycles. The Kier molecular flexibility index (Phi) is 3.84. The lowest BCUT2D eigenvalue weighted by atomic mass is 10.0. The molecule has 0 aliphatic carbocycles. The first-order chi connectivity index (χ1) is 8.26. The molecule has 0 bridgehead atoms. The maximum atomic E-state index is 14.1. The predicted molar refractivity (Wildman–Crippen MR) is 64.2 cm³/mol. The van der Waals surface area contributed by atoms with E-state index in [9.17, 15) is 4.39 Å². The Morgan fingerprint density at radius 3 is 2.59 bits per heavy atom. The number of hydrogen-bond donors (Lipinski definition) is 1. The van der Waals surface area contributed by atoms with E-state index in [1.54, 1.807) is 19.2 Å². The fourth-order valence-corrected chi connectivity index (χ4v) is 2.30. The molecule has 2 rings (SSSR count). The summed E-state index contributed by atoms with van der Waals surface area (Å²) in [6.45, 7) is 1.01. The normalized spacial score (nSPS) is 19.4. The van der Waals surface area contributed by atoms with Gasteiger partial charge in [-0.25, -0.2) is 4.39 Å². The second kappa shape index (κ2) is 5.36. The summed E-state index contributed by atoms with van der Waals surface area (Å²) in [5.41, 5.74) is 0.603. The van der Waals surface area contributed by atoms with Crippen molar-refractivity contribution in [1.29, 1.82) is 0 Å². The highest BCUT2D eigenvalue weighted by Gasteiger charge is 2.21. The second-order valence-corrected chi connectivity index (χ2v) is 4.26. The average molecular weight is 239 g/mol. The van der Waals surface area contributed by atoms with E-state index < -0.39 is 0 Å². The SMILES string of the molecule is COc1ccc(OC)c(CC2CCCN2)c1F. The molecule has 0 spiro atoms. The first-order valence-electron chi connectivity index (χ1n) is 5.89. The van der Waals surface area contributed by atoms with Crippen molar-refractivity contribution in [3.8, 4) is 11.5 Å². The van der Waals surface area contributed by atoms with Gasteiger partial charge in [0, 0.05) is 11.6 Å². The molecule has 0 aromatic heterocycles. The molecular weight excluding hydrogens is 221 g/mol. The van der Waals surface area contributed by atoms with Crippen molar-refractivity contribution in [2.24, 2.45) is 0 Å². The summed E-state index contributed by atoms with van der Waals surface area (Å²) in [6.07, 6.45) is 2.88. The van der Waals surface area contributed by atoms with Crippen LogP contribution in [-0.4, -0.2) is 26.8 Å². The third kappa shape index (κ3) is 2.52. The summed E-state index contributed by atoms with van der Waals surface area (Å²) in [6, 6.07) is 3.69. The zero-order valence-electron chi connectivity index (χ0n) is 10.3. The standard InChI is InChI=1S/C13H18FNO2/c1-16-11-5-6-12(17-2)13(14)10(11)8-9-4-3-7-15-9/h5-6,9,15H,3-4,7-8H2,1-2H3. The smallest absolute Gasteiger partial charge is 0.171 e. The van der Waals surface area contributed by atoms with Gasteiger partial charge < -0.3 is 14.8 Å². The van der Waals surface area contributed by atoms with Crippen LogP contribution >= 0.6 is 0 Å². The lowest BCUT2D eigenvalue weighted by Gasteiger charge is -2.15. The monoisotopic (exact) mass is 239 g/mol. The molecule has 94 valence electrons. The van der Waals surface area contributed by atoms with E-state index in [1.165, 1.54) is 7.11 Å². The Labute approximate surface area is 101 Å². The van der Waals surface area contributed by atoms with Crippen molar-refractivity contribution in [3.05, 3.63) is 23.5 Å². The summed E-state index contributed by atoms with van der Waals surface area (Å²) >= 11 is 0. The van der Waals surface area contributed by atoms with E-state index in [0.717, 1.165) is 19.4 Å². The van der Waals surface area contributed by atoms with Crippen LogP contribution in [0.3, 0.4) is 0 Å². The highest BCUT2D eigenvalue weighted by Crippen LogP contribution is 2.30. The van der Waals surface area contributed by atoms with Gasteiger partial charge in [-0.2, -0.15) is 0 Å². The number of halogens is 1. The molecule has 4 heteroatoms. The maximum Gasteiger partial charge on any atom is 0.171 e. The summed E-state index contributed by atoms with van der Waals surface area (Å²) in [4.78, 5) is 0. The first kappa shape index (κ1) is 12.2. The molecule has 1 unspecified atom stereocenters. The van der Waals surface area contributed by atoms with Crippen molar-refractivity contribution < 1.29 is 13.9 Å². The van der Waals surface area contributed by atoms with Crippen LogP contribution in [0.5, 0.6) is 11.5 Å². The van der Waals surface area contributed by atoms with Crippen LogP contribution < -0.4 is 14.8 Å². The predicted octanol–water partition coefficient (Wildman–Crippen LogP) is 2.14. The lowest BCUT2D eigenvalue weighted by Crippen LogP contribution is -2.24. The lowest BCUT2D eigenvalue weighted by molar-refractivity contribution is 0.369. The van der Waals surface area contributed by atoms with Gasteiger partial charge in [0.2, 0.25) is 0 Å². The molecule has 1 aliphatic heterocycles. The molecule has 1 N–H and O–H groups in total. The fraction of sp³-hybridized carbons (Fsp3) is 0.538. The zero-order valence-corrected chi connectivity index (χ0v) is 10.3. The molecule has 0 saturated carbocycles.